The van der Waals surface area contributed by atoms with E-state index in [9.17, 15) is 0 Å². The van der Waals surface area contributed by atoms with Gasteiger partial charge in [0.25, 0.3) is 0 Å². The maximum absolute atomic E-state index is 5.95. The molecule has 23 heavy (non-hydrogen) atoms. The van der Waals surface area contributed by atoms with E-state index in [2.05, 4.69) is 67.7 Å². The van der Waals surface area contributed by atoms with Crippen molar-refractivity contribution in [2.45, 2.75) is 45.4 Å². The van der Waals surface area contributed by atoms with Crippen LogP contribution in [0.5, 0.6) is 0 Å². The van der Waals surface area contributed by atoms with Gasteiger partial charge in [-0.15, -0.1) is 0 Å². The van der Waals surface area contributed by atoms with E-state index in [1.807, 2.05) is 10.9 Å². The van der Waals surface area contributed by atoms with Crippen molar-refractivity contribution in [3.63, 3.8) is 0 Å². The second-order valence-corrected chi connectivity index (χ2v) is 7.35. The lowest BCUT2D eigenvalue weighted by Gasteiger charge is -2.19. The van der Waals surface area contributed by atoms with Gasteiger partial charge in [-0.2, -0.15) is 5.10 Å². The predicted molar refractivity (Wildman–Crippen MR) is 92.2 cm³/mol. The van der Waals surface area contributed by atoms with Gasteiger partial charge >= 0.3 is 0 Å². The fraction of sp³-hybridized carbons (Fsp3) is 0.526. The van der Waals surface area contributed by atoms with Crippen molar-refractivity contribution in [1.82, 2.24) is 15.1 Å². The second-order valence-electron chi connectivity index (χ2n) is 7.35. The van der Waals surface area contributed by atoms with Crippen LogP contribution in [0, 0.1) is 5.92 Å². The van der Waals surface area contributed by atoms with Crippen LogP contribution in [-0.4, -0.2) is 22.9 Å². The lowest BCUT2D eigenvalue weighted by atomic mass is 9.95. The molecule has 4 nitrogen and oxygen atoms in total. The van der Waals surface area contributed by atoms with Gasteiger partial charge in [0.15, 0.2) is 0 Å². The number of nitrogens with zero attached hydrogens (tertiary/aromatic N) is 2. The van der Waals surface area contributed by atoms with E-state index in [0.717, 1.165) is 26.1 Å². The van der Waals surface area contributed by atoms with Crippen molar-refractivity contribution >= 4 is 0 Å². The lowest BCUT2D eigenvalue weighted by Crippen LogP contribution is -2.25. The third-order valence-electron chi connectivity index (χ3n) is 4.40. The van der Waals surface area contributed by atoms with E-state index < -0.39 is 0 Å². The highest BCUT2D eigenvalue weighted by molar-refractivity contribution is 5.19. The number of rotatable bonds is 5. The molecule has 0 saturated carbocycles. The second kappa shape index (κ2) is 6.85. The zero-order valence-electron chi connectivity index (χ0n) is 14.3. The van der Waals surface area contributed by atoms with Crippen molar-refractivity contribution in [2.24, 2.45) is 5.92 Å². The fourth-order valence-corrected chi connectivity index (χ4v) is 3.07. The molecule has 2 atom stereocenters. The molecule has 1 aliphatic heterocycles. The van der Waals surface area contributed by atoms with Gasteiger partial charge in [0.05, 0.1) is 17.8 Å². The van der Waals surface area contributed by atoms with Crippen LogP contribution in [0.1, 0.15) is 44.4 Å². The van der Waals surface area contributed by atoms with Crippen molar-refractivity contribution in [3.05, 3.63) is 53.9 Å². The third-order valence-corrected chi connectivity index (χ3v) is 4.40. The van der Waals surface area contributed by atoms with E-state index in [1.54, 1.807) is 0 Å². The molecule has 0 radical (unpaired) electrons. The van der Waals surface area contributed by atoms with E-state index in [4.69, 9.17) is 4.74 Å². The molecule has 0 bridgehead atoms. The van der Waals surface area contributed by atoms with Crippen molar-refractivity contribution < 1.29 is 4.74 Å². The van der Waals surface area contributed by atoms with Gasteiger partial charge in [-0.1, -0.05) is 30.3 Å². The van der Waals surface area contributed by atoms with Crippen LogP contribution in [0.3, 0.4) is 0 Å². The average molecular weight is 313 g/mol. The molecule has 124 valence electrons. The maximum Gasteiger partial charge on any atom is 0.0866 e. The Bertz CT molecular complexity index is 615. The molecular formula is C19H27N3O. The molecule has 0 spiro atoms. The molecule has 2 heterocycles. The summed E-state index contributed by atoms with van der Waals surface area (Å²) in [5.41, 5.74) is 2.56. The van der Waals surface area contributed by atoms with Crippen molar-refractivity contribution in [2.75, 3.05) is 13.2 Å². The van der Waals surface area contributed by atoms with Gasteiger partial charge in [0.1, 0.15) is 0 Å². The number of nitrogens with one attached hydrogen (secondary N) is 1. The SMILES string of the molecule is CC(C)(C)n1cc(CNC[C@H]2CCO[C@@H]2c2ccccc2)cn1. The van der Waals surface area contributed by atoms with Gasteiger partial charge in [-0.3, -0.25) is 4.68 Å². The Morgan fingerprint density at radius 1 is 1.26 bits per heavy atom. The Labute approximate surface area is 138 Å². The van der Waals surface area contributed by atoms with Crippen molar-refractivity contribution in [1.29, 1.82) is 0 Å². The van der Waals surface area contributed by atoms with Gasteiger partial charge in [0, 0.05) is 37.4 Å². The Kier molecular flexibility index (Phi) is 4.83. The lowest BCUT2D eigenvalue weighted by molar-refractivity contribution is 0.0904. The van der Waals surface area contributed by atoms with Crippen LogP contribution in [-0.2, 0) is 16.8 Å². The Balaban J connectivity index is 1.53. The molecule has 0 amide bonds. The Hall–Kier alpha value is -1.65. The minimum atomic E-state index is 0.0376. The first-order valence-corrected chi connectivity index (χ1v) is 8.45. The number of benzene rings is 1. The molecule has 3 rings (SSSR count). The molecule has 0 aliphatic carbocycles. The van der Waals surface area contributed by atoms with Crippen LogP contribution in [0.25, 0.3) is 0 Å². The first kappa shape index (κ1) is 16.2. The fourth-order valence-electron chi connectivity index (χ4n) is 3.07. The summed E-state index contributed by atoms with van der Waals surface area (Å²) in [6.07, 6.45) is 5.43. The van der Waals surface area contributed by atoms with E-state index in [0.29, 0.717) is 5.92 Å². The number of ether oxygens (including phenoxy) is 1. The van der Waals surface area contributed by atoms with Crippen LogP contribution >= 0.6 is 0 Å². The van der Waals surface area contributed by atoms with E-state index in [-0.39, 0.29) is 11.6 Å². The molecular weight excluding hydrogens is 286 g/mol. The number of hydrogen-bond acceptors (Lipinski definition) is 3. The average Bonchev–Trinajstić information content (AvgIpc) is 3.17. The first-order valence-electron chi connectivity index (χ1n) is 8.45. The Morgan fingerprint density at radius 3 is 2.74 bits per heavy atom. The molecule has 1 aromatic heterocycles. The highest BCUT2D eigenvalue weighted by atomic mass is 16.5. The predicted octanol–water partition coefficient (Wildman–Crippen LogP) is 3.51. The standard InChI is InChI=1S/C19H27N3O/c1-19(2,3)22-14-15(12-21-22)11-20-13-17-9-10-23-18(17)16-7-5-4-6-8-16/h4-8,12,14,17-18,20H,9-11,13H2,1-3H3/t17-,18-/m1/s1. The van der Waals surface area contributed by atoms with Crippen LogP contribution in [0.4, 0.5) is 0 Å². The quantitative estimate of drug-likeness (QED) is 0.918. The van der Waals surface area contributed by atoms with Crippen molar-refractivity contribution in [3.8, 4) is 0 Å². The molecule has 0 unspecified atom stereocenters. The summed E-state index contributed by atoms with van der Waals surface area (Å²) >= 11 is 0. The van der Waals surface area contributed by atoms with Crippen LogP contribution < -0.4 is 5.32 Å². The highest BCUT2D eigenvalue weighted by Crippen LogP contribution is 2.33. The van der Waals surface area contributed by atoms with Crippen LogP contribution in [0.2, 0.25) is 0 Å². The molecule has 1 aliphatic rings. The molecule has 1 N–H and O–H groups in total. The first-order chi connectivity index (χ1) is 11.0. The number of hydrogen-bond donors (Lipinski definition) is 1. The summed E-state index contributed by atoms with van der Waals surface area (Å²) in [5, 5.41) is 8.03. The monoisotopic (exact) mass is 313 g/mol. The zero-order valence-corrected chi connectivity index (χ0v) is 14.3. The van der Waals surface area contributed by atoms with Gasteiger partial charge in [0.2, 0.25) is 0 Å². The minimum absolute atomic E-state index is 0.0376. The summed E-state index contributed by atoms with van der Waals surface area (Å²) in [6, 6.07) is 10.6. The van der Waals surface area contributed by atoms with E-state index >= 15 is 0 Å². The van der Waals surface area contributed by atoms with E-state index in [1.165, 1.54) is 11.1 Å². The molecule has 2 aromatic rings. The molecule has 1 aromatic carbocycles. The Morgan fingerprint density at radius 2 is 2.04 bits per heavy atom. The minimum Gasteiger partial charge on any atom is -0.373 e. The third kappa shape index (κ3) is 4.01. The van der Waals surface area contributed by atoms with Crippen LogP contribution in [0.15, 0.2) is 42.7 Å². The smallest absolute Gasteiger partial charge is 0.0866 e. The largest absolute Gasteiger partial charge is 0.373 e. The summed E-state index contributed by atoms with van der Waals surface area (Å²) in [6.45, 7) is 9.18. The summed E-state index contributed by atoms with van der Waals surface area (Å²) in [7, 11) is 0. The number of aromatic nitrogens is 2. The molecule has 1 saturated heterocycles. The molecule has 4 heteroatoms. The zero-order chi connectivity index (χ0) is 16.3. The topological polar surface area (TPSA) is 39.1 Å². The normalized spacial score (nSPS) is 21.7. The summed E-state index contributed by atoms with van der Waals surface area (Å²) in [4.78, 5) is 0. The summed E-state index contributed by atoms with van der Waals surface area (Å²) in [5.74, 6) is 0.537. The van der Waals surface area contributed by atoms with Gasteiger partial charge in [-0.25, -0.2) is 0 Å². The van der Waals surface area contributed by atoms with Gasteiger partial charge in [-0.05, 0) is 32.8 Å². The molecule has 1 fully saturated rings. The highest BCUT2D eigenvalue weighted by Gasteiger charge is 2.29. The maximum atomic E-state index is 5.95. The summed E-state index contributed by atoms with van der Waals surface area (Å²) < 4.78 is 7.97. The van der Waals surface area contributed by atoms with Gasteiger partial charge < -0.3 is 10.1 Å².